The van der Waals surface area contributed by atoms with Crippen molar-refractivity contribution in [1.82, 2.24) is 4.98 Å². The maximum Gasteiger partial charge on any atom is 0.224 e. The van der Waals surface area contributed by atoms with Crippen LogP contribution in [-0.2, 0) is 16.0 Å². The Morgan fingerprint density at radius 2 is 2.04 bits per heavy atom. The molecule has 0 radical (unpaired) electrons. The molecule has 28 heavy (non-hydrogen) atoms. The van der Waals surface area contributed by atoms with E-state index in [-0.39, 0.29) is 5.91 Å². The van der Waals surface area contributed by atoms with Crippen molar-refractivity contribution < 1.29 is 9.53 Å². The first-order valence-corrected chi connectivity index (χ1v) is 10.6. The number of aryl methyl sites for hydroxylation is 1. The van der Waals surface area contributed by atoms with Crippen LogP contribution in [0.5, 0.6) is 0 Å². The first kappa shape index (κ1) is 19.2. The van der Waals surface area contributed by atoms with Gasteiger partial charge in [0.05, 0.1) is 39.8 Å². The number of hydrogen-bond donors (Lipinski definition) is 1. The smallest absolute Gasteiger partial charge is 0.224 e. The van der Waals surface area contributed by atoms with E-state index in [9.17, 15) is 4.79 Å². The third-order valence-corrected chi connectivity index (χ3v) is 6.05. The minimum Gasteiger partial charge on any atom is -0.378 e. The largest absolute Gasteiger partial charge is 0.378 e. The van der Waals surface area contributed by atoms with Crippen LogP contribution in [0.4, 0.5) is 11.4 Å². The lowest BCUT2D eigenvalue weighted by molar-refractivity contribution is -0.116. The molecular weight excluding hydrogens is 394 g/mol. The summed E-state index contributed by atoms with van der Waals surface area (Å²) < 4.78 is 6.61. The van der Waals surface area contributed by atoms with E-state index in [4.69, 9.17) is 16.3 Å². The zero-order chi connectivity index (χ0) is 19.3. The van der Waals surface area contributed by atoms with Crippen LogP contribution in [0.1, 0.15) is 17.8 Å². The molecule has 0 atom stereocenters. The van der Waals surface area contributed by atoms with Crippen molar-refractivity contribution in [3.63, 3.8) is 0 Å². The molecule has 5 nitrogen and oxygen atoms in total. The summed E-state index contributed by atoms with van der Waals surface area (Å²) in [5.74, 6) is -0.00196. The van der Waals surface area contributed by atoms with Crippen LogP contribution in [-0.4, -0.2) is 37.2 Å². The topological polar surface area (TPSA) is 54.5 Å². The standard InChI is InChI=1S/C21H22ClN3O2S/c22-15-8-9-18(25-10-12-27-13-11-25)17(14-15)23-20(26)6-3-7-21-24-16-4-1-2-5-19(16)28-21/h1-2,4-5,8-9,14H,3,6-7,10-13H2,(H,23,26). The fraction of sp³-hybridized carbons (Fsp3) is 0.333. The van der Waals surface area contributed by atoms with Crippen molar-refractivity contribution in [1.29, 1.82) is 0 Å². The van der Waals surface area contributed by atoms with Gasteiger partial charge < -0.3 is 15.0 Å². The van der Waals surface area contributed by atoms with E-state index in [1.165, 1.54) is 4.70 Å². The molecule has 1 amide bonds. The molecule has 0 bridgehead atoms. The van der Waals surface area contributed by atoms with E-state index in [1.807, 2.05) is 36.4 Å². The normalized spacial score (nSPS) is 14.4. The fourth-order valence-electron chi connectivity index (χ4n) is 3.33. The van der Waals surface area contributed by atoms with Gasteiger partial charge in [-0.05, 0) is 43.2 Å². The maximum atomic E-state index is 12.5. The Kier molecular flexibility index (Phi) is 6.10. The van der Waals surface area contributed by atoms with Crippen LogP contribution in [0, 0.1) is 0 Å². The molecule has 0 unspecified atom stereocenters. The molecule has 4 rings (SSSR count). The molecule has 2 heterocycles. The minimum atomic E-state index is -0.00196. The maximum absolute atomic E-state index is 12.5. The van der Waals surface area contributed by atoms with Gasteiger partial charge in [-0.15, -0.1) is 11.3 Å². The van der Waals surface area contributed by atoms with E-state index < -0.39 is 0 Å². The first-order chi connectivity index (χ1) is 13.7. The molecule has 1 aromatic heterocycles. The Bertz CT molecular complexity index is 936. The van der Waals surface area contributed by atoms with Gasteiger partial charge in [0, 0.05) is 24.5 Å². The average molecular weight is 416 g/mol. The van der Waals surface area contributed by atoms with Crippen molar-refractivity contribution >= 4 is 50.4 Å². The van der Waals surface area contributed by atoms with Gasteiger partial charge >= 0.3 is 0 Å². The lowest BCUT2D eigenvalue weighted by Gasteiger charge is -2.30. The van der Waals surface area contributed by atoms with Gasteiger partial charge in [-0.3, -0.25) is 4.79 Å². The van der Waals surface area contributed by atoms with Crippen LogP contribution in [0.3, 0.4) is 0 Å². The van der Waals surface area contributed by atoms with Crippen molar-refractivity contribution in [2.45, 2.75) is 19.3 Å². The molecule has 0 aliphatic carbocycles. The summed E-state index contributed by atoms with van der Waals surface area (Å²) in [5, 5.41) is 4.73. The number of thiazole rings is 1. The first-order valence-electron chi connectivity index (χ1n) is 9.45. The second-order valence-electron chi connectivity index (χ2n) is 6.74. The number of morpholine rings is 1. The van der Waals surface area contributed by atoms with Crippen molar-refractivity contribution in [3.05, 3.63) is 52.5 Å². The second-order valence-corrected chi connectivity index (χ2v) is 8.29. The monoisotopic (exact) mass is 415 g/mol. The molecule has 1 fully saturated rings. The Morgan fingerprint density at radius 1 is 1.21 bits per heavy atom. The summed E-state index contributed by atoms with van der Waals surface area (Å²) in [6, 6.07) is 13.8. The highest BCUT2D eigenvalue weighted by Crippen LogP contribution is 2.30. The summed E-state index contributed by atoms with van der Waals surface area (Å²) in [6.07, 6.45) is 2.02. The highest BCUT2D eigenvalue weighted by atomic mass is 35.5. The molecule has 3 aromatic rings. The number of carbonyl (C=O) groups is 1. The second kappa shape index (κ2) is 8.90. The van der Waals surface area contributed by atoms with Crippen molar-refractivity contribution in [3.8, 4) is 0 Å². The number of nitrogens with one attached hydrogen (secondary N) is 1. The van der Waals surface area contributed by atoms with Crippen LogP contribution < -0.4 is 10.2 Å². The van der Waals surface area contributed by atoms with E-state index in [1.54, 1.807) is 11.3 Å². The third kappa shape index (κ3) is 4.63. The number of amides is 1. The number of ether oxygens (including phenoxy) is 1. The number of rotatable bonds is 6. The number of para-hydroxylation sites is 1. The summed E-state index contributed by atoms with van der Waals surface area (Å²) in [6.45, 7) is 3.00. The van der Waals surface area contributed by atoms with Crippen LogP contribution >= 0.6 is 22.9 Å². The minimum absolute atomic E-state index is 0.00196. The summed E-state index contributed by atoms with van der Waals surface area (Å²) in [4.78, 5) is 19.4. The van der Waals surface area contributed by atoms with E-state index in [0.29, 0.717) is 24.7 Å². The molecule has 146 valence electrons. The van der Waals surface area contributed by atoms with Crippen molar-refractivity contribution in [2.24, 2.45) is 0 Å². The van der Waals surface area contributed by atoms with E-state index >= 15 is 0 Å². The molecule has 1 N–H and O–H groups in total. The molecule has 0 saturated carbocycles. The zero-order valence-electron chi connectivity index (χ0n) is 15.5. The molecule has 2 aromatic carbocycles. The third-order valence-electron chi connectivity index (χ3n) is 4.72. The Balaban J connectivity index is 1.36. The van der Waals surface area contributed by atoms with Crippen LogP contribution in [0.2, 0.25) is 5.02 Å². The molecule has 1 aliphatic rings. The Labute approximate surface area is 173 Å². The van der Waals surface area contributed by atoms with Gasteiger partial charge in [0.1, 0.15) is 0 Å². The lowest BCUT2D eigenvalue weighted by atomic mass is 10.2. The number of benzene rings is 2. The predicted molar refractivity (Wildman–Crippen MR) is 116 cm³/mol. The average Bonchev–Trinajstić information content (AvgIpc) is 3.11. The number of fused-ring (bicyclic) bond motifs is 1. The number of halogens is 1. The fourth-order valence-corrected chi connectivity index (χ4v) is 4.51. The lowest BCUT2D eigenvalue weighted by Crippen LogP contribution is -2.36. The summed E-state index contributed by atoms with van der Waals surface area (Å²) in [5.41, 5.74) is 2.78. The number of aromatic nitrogens is 1. The van der Waals surface area contributed by atoms with Crippen LogP contribution in [0.15, 0.2) is 42.5 Å². The van der Waals surface area contributed by atoms with E-state index in [0.717, 1.165) is 47.8 Å². The molecule has 1 aliphatic heterocycles. The summed E-state index contributed by atoms with van der Waals surface area (Å²) >= 11 is 7.86. The van der Waals surface area contributed by atoms with Gasteiger partial charge in [-0.2, -0.15) is 0 Å². The Morgan fingerprint density at radius 3 is 2.86 bits per heavy atom. The van der Waals surface area contributed by atoms with Crippen molar-refractivity contribution in [2.75, 3.05) is 36.5 Å². The highest BCUT2D eigenvalue weighted by molar-refractivity contribution is 7.18. The SMILES string of the molecule is O=C(CCCc1nc2ccccc2s1)Nc1cc(Cl)ccc1N1CCOCC1. The van der Waals surface area contributed by atoms with Gasteiger partial charge in [0.25, 0.3) is 0 Å². The van der Waals surface area contributed by atoms with Gasteiger partial charge in [-0.1, -0.05) is 23.7 Å². The van der Waals surface area contributed by atoms with Gasteiger partial charge in [0.15, 0.2) is 0 Å². The number of nitrogens with zero attached hydrogens (tertiary/aromatic N) is 2. The van der Waals surface area contributed by atoms with E-state index in [2.05, 4.69) is 21.3 Å². The number of hydrogen-bond acceptors (Lipinski definition) is 5. The molecule has 0 spiro atoms. The van der Waals surface area contributed by atoms with Gasteiger partial charge in [-0.25, -0.2) is 4.98 Å². The predicted octanol–water partition coefficient (Wildman–Crippen LogP) is 4.75. The zero-order valence-corrected chi connectivity index (χ0v) is 17.1. The van der Waals surface area contributed by atoms with Crippen LogP contribution in [0.25, 0.3) is 10.2 Å². The molecular formula is C21H22ClN3O2S. The van der Waals surface area contributed by atoms with Gasteiger partial charge in [0.2, 0.25) is 5.91 Å². The number of carbonyl (C=O) groups excluding carboxylic acids is 1. The Hall–Kier alpha value is -2.15. The molecule has 1 saturated heterocycles. The molecule has 7 heteroatoms. The highest BCUT2D eigenvalue weighted by Gasteiger charge is 2.16. The quantitative estimate of drug-likeness (QED) is 0.631. The summed E-state index contributed by atoms with van der Waals surface area (Å²) in [7, 11) is 0. The number of anilines is 2.